The van der Waals surface area contributed by atoms with Gasteiger partial charge in [-0.2, -0.15) is 12.6 Å². The molecule has 1 aliphatic carbocycles. The van der Waals surface area contributed by atoms with E-state index in [1.807, 2.05) is 37.3 Å². The number of Topliss-reactive ketones (excluding diaryl/α,β-unsaturated/α-hetero) is 1. The van der Waals surface area contributed by atoms with Crippen LogP contribution >= 0.6 is 23.5 Å². The molecule has 38 heavy (non-hydrogen) atoms. The Morgan fingerprint density at radius 3 is 2.13 bits per heavy atom. The number of methoxy groups -OCH3 is 1. The normalized spacial score (nSPS) is 21.3. The van der Waals surface area contributed by atoms with E-state index in [1.54, 1.807) is 36.0 Å². The van der Waals surface area contributed by atoms with Gasteiger partial charge >= 0.3 is 6.36 Å². The molecule has 0 fully saturated rings. The lowest BCUT2D eigenvalue weighted by atomic mass is 9.82. The molecule has 0 saturated heterocycles. The van der Waals surface area contributed by atoms with Crippen molar-refractivity contribution < 1.29 is 35.3 Å². The van der Waals surface area contributed by atoms with Crippen molar-refractivity contribution in [3.63, 3.8) is 0 Å². The fourth-order valence-corrected chi connectivity index (χ4v) is 7.74. The number of carbonyl (C=O) groups excluding carboxylic acids is 1. The highest BCUT2D eigenvalue weighted by atomic mass is 32.2. The number of fused-ring (bicyclic) bond motifs is 2. The van der Waals surface area contributed by atoms with Crippen LogP contribution in [0.5, 0.6) is 0 Å². The molecular weight excluding hydrogens is 561 g/mol. The van der Waals surface area contributed by atoms with E-state index in [1.165, 1.54) is 18.1 Å². The second-order valence-electron chi connectivity index (χ2n) is 8.34. The van der Waals surface area contributed by atoms with E-state index in [0.29, 0.717) is 22.9 Å². The lowest BCUT2D eigenvalue weighted by Crippen LogP contribution is -2.33. The predicted molar refractivity (Wildman–Crippen MR) is 140 cm³/mol. The number of carbonyl (C=O) groups is 1. The molecule has 13 heteroatoms. The van der Waals surface area contributed by atoms with Gasteiger partial charge in [0, 0.05) is 16.3 Å². The second kappa shape index (κ2) is 10.0. The maximum atomic E-state index is 13.3. The molecule has 3 aliphatic rings. The van der Waals surface area contributed by atoms with Gasteiger partial charge < -0.3 is 14.5 Å². The first-order chi connectivity index (χ1) is 18.0. The number of nitrogens with zero attached hydrogens (tertiary/aromatic N) is 2. The number of halogens is 3. The van der Waals surface area contributed by atoms with Crippen molar-refractivity contribution in [1.82, 2.24) is 0 Å². The standard InChI is InChI=1S/C25H21F3N2O5S3/c1-3-29-17-8-4-6-10-19(17)36-21(29)12-15-23(31)16(24(15)34-2)13-22-30(14-38(32,33)35-25(26,27)28)18-9-5-7-11-20(18)37-22/h4-13,15H,3,14H2,1-2H3/b21-12-,22-13-. The lowest BCUT2D eigenvalue weighted by Gasteiger charge is -2.29. The highest BCUT2D eigenvalue weighted by Gasteiger charge is 2.42. The van der Waals surface area contributed by atoms with E-state index in [0.717, 1.165) is 27.4 Å². The summed E-state index contributed by atoms with van der Waals surface area (Å²) < 4.78 is 71.3. The number of para-hydroxylation sites is 2. The molecule has 2 heterocycles. The minimum atomic E-state index is -5.35. The molecule has 0 amide bonds. The monoisotopic (exact) mass is 582 g/mol. The van der Waals surface area contributed by atoms with Crippen LogP contribution in [-0.4, -0.2) is 40.1 Å². The molecule has 1 atom stereocenters. The van der Waals surface area contributed by atoms with Gasteiger partial charge in [-0.3, -0.25) is 4.79 Å². The Balaban J connectivity index is 1.47. The topological polar surface area (TPSA) is 76.2 Å². The quantitative estimate of drug-likeness (QED) is 0.375. The molecule has 200 valence electrons. The van der Waals surface area contributed by atoms with Crippen molar-refractivity contribution in [2.75, 3.05) is 29.3 Å². The van der Waals surface area contributed by atoms with Gasteiger partial charge in [-0.1, -0.05) is 47.8 Å². The van der Waals surface area contributed by atoms with Crippen LogP contribution in [0.15, 0.2) is 91.9 Å². The number of thioether (sulfide) groups is 2. The van der Waals surface area contributed by atoms with Crippen molar-refractivity contribution in [3.8, 4) is 0 Å². The zero-order valence-electron chi connectivity index (χ0n) is 20.1. The Kier molecular flexibility index (Phi) is 7.05. The first-order valence-corrected chi connectivity index (χ1v) is 14.6. The van der Waals surface area contributed by atoms with Crippen molar-refractivity contribution in [2.45, 2.75) is 23.1 Å². The average molecular weight is 583 g/mol. The van der Waals surface area contributed by atoms with Crippen molar-refractivity contribution in [2.24, 2.45) is 5.92 Å². The van der Waals surface area contributed by atoms with Gasteiger partial charge in [-0.15, -0.1) is 13.2 Å². The maximum Gasteiger partial charge on any atom is 0.537 e. The highest BCUT2D eigenvalue weighted by Crippen LogP contribution is 2.50. The van der Waals surface area contributed by atoms with Gasteiger partial charge in [0.1, 0.15) is 11.7 Å². The molecule has 5 rings (SSSR count). The minimum absolute atomic E-state index is 0.229. The molecule has 2 aromatic carbocycles. The van der Waals surface area contributed by atoms with Crippen LogP contribution in [0.3, 0.4) is 0 Å². The summed E-state index contributed by atoms with van der Waals surface area (Å²) in [5, 5.41) is 1.16. The summed E-state index contributed by atoms with van der Waals surface area (Å²) in [5.41, 5.74) is 1.68. The SMILES string of the molecule is CCN1/C(=C/C2C(=O)C(/C=C3\Sc4ccccc4N3CS(=O)(=O)OC(F)(F)F)=C2OC)Sc2ccccc21. The average Bonchev–Trinajstić information content (AvgIpc) is 3.38. The third kappa shape index (κ3) is 5.07. The van der Waals surface area contributed by atoms with Crippen molar-refractivity contribution in [1.29, 1.82) is 0 Å². The molecule has 7 nitrogen and oxygen atoms in total. The Bertz CT molecular complexity index is 1500. The summed E-state index contributed by atoms with van der Waals surface area (Å²) in [6.45, 7) is 2.72. The number of hydrogen-bond donors (Lipinski definition) is 0. The Hall–Kier alpha value is -2.87. The maximum absolute atomic E-state index is 13.3. The highest BCUT2D eigenvalue weighted by molar-refractivity contribution is 8.04. The molecule has 0 aromatic heterocycles. The Labute approximate surface area is 226 Å². The molecule has 2 aromatic rings. The molecular formula is C25H21F3N2O5S3. The lowest BCUT2D eigenvalue weighted by molar-refractivity contribution is -0.271. The number of ketones is 1. The van der Waals surface area contributed by atoms with Gasteiger partial charge in [0.15, 0.2) is 11.7 Å². The van der Waals surface area contributed by atoms with Crippen LogP contribution in [-0.2, 0) is 23.8 Å². The smallest absolute Gasteiger partial charge is 0.499 e. The van der Waals surface area contributed by atoms with E-state index in [2.05, 4.69) is 9.08 Å². The molecule has 0 N–H and O–H groups in total. The zero-order valence-corrected chi connectivity index (χ0v) is 22.5. The third-order valence-corrected chi connectivity index (χ3v) is 9.25. The zero-order chi connectivity index (χ0) is 27.2. The van der Waals surface area contributed by atoms with Gasteiger partial charge in [0.25, 0.3) is 10.1 Å². The summed E-state index contributed by atoms with van der Waals surface area (Å²) in [4.78, 5) is 18.2. The number of benzene rings is 2. The molecule has 0 spiro atoms. The van der Waals surface area contributed by atoms with Crippen LogP contribution in [0.1, 0.15) is 6.92 Å². The molecule has 0 bridgehead atoms. The summed E-state index contributed by atoms with van der Waals surface area (Å²) in [6, 6.07) is 14.6. The van der Waals surface area contributed by atoms with E-state index in [9.17, 15) is 26.4 Å². The molecule has 0 radical (unpaired) electrons. The Morgan fingerprint density at radius 2 is 1.55 bits per heavy atom. The van der Waals surface area contributed by atoms with Crippen LogP contribution < -0.4 is 9.80 Å². The summed E-state index contributed by atoms with van der Waals surface area (Å²) in [5.74, 6) is -1.56. The van der Waals surface area contributed by atoms with Crippen molar-refractivity contribution >= 4 is 50.8 Å². The first-order valence-electron chi connectivity index (χ1n) is 11.4. The summed E-state index contributed by atoms with van der Waals surface area (Å²) >= 11 is 2.70. The van der Waals surface area contributed by atoms with E-state index < -0.39 is 28.3 Å². The van der Waals surface area contributed by atoms with Crippen molar-refractivity contribution in [3.05, 3.63) is 82.1 Å². The fourth-order valence-electron chi connectivity index (χ4n) is 4.42. The number of hydrogen-bond acceptors (Lipinski definition) is 9. The van der Waals surface area contributed by atoms with Gasteiger partial charge in [-0.05, 0) is 43.3 Å². The largest absolute Gasteiger partial charge is 0.537 e. The molecule has 2 aliphatic heterocycles. The van der Waals surface area contributed by atoms with Crippen LogP contribution in [0.4, 0.5) is 24.5 Å². The van der Waals surface area contributed by atoms with Gasteiger partial charge in [-0.25, -0.2) is 0 Å². The van der Waals surface area contributed by atoms with Crippen LogP contribution in [0.2, 0.25) is 0 Å². The van der Waals surface area contributed by atoms with Gasteiger partial charge in [0.2, 0.25) is 0 Å². The van der Waals surface area contributed by atoms with Crippen LogP contribution in [0.25, 0.3) is 0 Å². The molecule has 1 unspecified atom stereocenters. The predicted octanol–water partition coefficient (Wildman–Crippen LogP) is 5.84. The van der Waals surface area contributed by atoms with E-state index in [4.69, 9.17) is 4.74 Å². The number of allylic oxidation sites excluding steroid dienone is 3. The Morgan fingerprint density at radius 1 is 0.974 bits per heavy atom. The number of rotatable bonds is 7. The number of anilines is 2. The third-order valence-electron chi connectivity index (χ3n) is 5.99. The van der Waals surface area contributed by atoms with Crippen LogP contribution in [0, 0.1) is 5.92 Å². The number of alkyl halides is 3. The second-order valence-corrected chi connectivity index (χ2v) is 12.0. The minimum Gasteiger partial charge on any atom is -0.499 e. The molecule has 0 saturated carbocycles. The number of ether oxygens (including phenoxy) is 1. The summed E-state index contributed by atoms with van der Waals surface area (Å²) in [7, 11) is -3.58. The van der Waals surface area contributed by atoms with E-state index >= 15 is 0 Å². The van der Waals surface area contributed by atoms with Gasteiger partial charge in [0.05, 0.1) is 34.1 Å². The summed E-state index contributed by atoms with van der Waals surface area (Å²) in [6.07, 6.45) is -2.05. The fraction of sp³-hybridized carbons (Fsp3) is 0.240. The van der Waals surface area contributed by atoms with E-state index in [-0.39, 0.29) is 16.4 Å². The first kappa shape index (κ1) is 26.7.